The molecule has 0 spiro atoms. The number of hydrogen-bond donors (Lipinski definition) is 1. The Kier molecular flexibility index (Phi) is 5.31. The average Bonchev–Trinajstić information content (AvgIpc) is 2.63. The number of carbonyl (C=O) groups excluding carboxylic acids is 1. The van der Waals surface area contributed by atoms with E-state index < -0.39 is 0 Å². The highest BCUT2D eigenvalue weighted by Gasteiger charge is 2.19. The molecule has 5 nitrogen and oxygen atoms in total. The molecule has 2 rings (SSSR count). The van der Waals surface area contributed by atoms with Crippen LogP contribution in [-0.2, 0) is 0 Å². The number of rotatable bonds is 2. The maximum atomic E-state index is 12.4. The molecule has 116 valence electrons. The van der Waals surface area contributed by atoms with Crippen LogP contribution in [0.25, 0.3) is 0 Å². The molecule has 1 N–H and O–H groups in total. The molecule has 0 aromatic heterocycles. The van der Waals surface area contributed by atoms with Crippen LogP contribution in [0.1, 0.15) is 6.42 Å². The summed E-state index contributed by atoms with van der Waals surface area (Å²) in [5.74, 6) is 0. The molecule has 0 aliphatic carbocycles. The van der Waals surface area contributed by atoms with Gasteiger partial charge in [0.2, 0.25) is 0 Å². The largest absolute Gasteiger partial charge is 0.375 e. The number of benzene rings is 1. The molecule has 2 amide bonds. The van der Waals surface area contributed by atoms with Gasteiger partial charge in [0.25, 0.3) is 0 Å². The molecule has 1 aromatic rings. The van der Waals surface area contributed by atoms with Gasteiger partial charge < -0.3 is 20.0 Å². The molecule has 1 fully saturated rings. The highest BCUT2D eigenvalue weighted by molar-refractivity contribution is 6.34. The lowest BCUT2D eigenvalue weighted by Gasteiger charge is -2.24. The Labute approximate surface area is 131 Å². The van der Waals surface area contributed by atoms with Gasteiger partial charge in [0, 0.05) is 33.7 Å². The Hall–Kier alpha value is -1.46. The normalized spacial score (nSPS) is 16.5. The van der Waals surface area contributed by atoms with Gasteiger partial charge in [-0.05, 0) is 32.1 Å². The van der Waals surface area contributed by atoms with E-state index >= 15 is 0 Å². The summed E-state index contributed by atoms with van der Waals surface area (Å²) < 4.78 is 0. The van der Waals surface area contributed by atoms with E-state index in [1.807, 2.05) is 42.1 Å². The molecule has 0 unspecified atom stereocenters. The van der Waals surface area contributed by atoms with Crippen LogP contribution < -0.4 is 10.2 Å². The number of nitrogens with zero attached hydrogens (tertiary/aromatic N) is 3. The second kappa shape index (κ2) is 7.00. The predicted octanol–water partition coefficient (Wildman–Crippen LogP) is 2.58. The molecule has 0 saturated carbocycles. The number of amides is 2. The molecule has 1 aromatic carbocycles. The third-order valence-corrected chi connectivity index (χ3v) is 3.99. The van der Waals surface area contributed by atoms with Gasteiger partial charge in [-0.25, -0.2) is 4.79 Å². The van der Waals surface area contributed by atoms with Crippen molar-refractivity contribution in [2.24, 2.45) is 0 Å². The van der Waals surface area contributed by atoms with Crippen LogP contribution in [0, 0.1) is 0 Å². The summed E-state index contributed by atoms with van der Waals surface area (Å²) in [6.45, 7) is 3.47. The second-order valence-corrected chi connectivity index (χ2v) is 6.01. The SMILES string of the molecule is CN1CCCN(C(=O)Nc2cccc(Cl)c2N(C)C)CC1. The predicted molar refractivity (Wildman–Crippen MR) is 88.5 cm³/mol. The fourth-order valence-electron chi connectivity index (χ4n) is 2.51. The van der Waals surface area contributed by atoms with Crippen molar-refractivity contribution in [3.63, 3.8) is 0 Å². The van der Waals surface area contributed by atoms with Crippen molar-refractivity contribution >= 4 is 29.0 Å². The lowest BCUT2D eigenvalue weighted by molar-refractivity contribution is 0.213. The van der Waals surface area contributed by atoms with Crippen molar-refractivity contribution in [1.29, 1.82) is 0 Å². The first-order valence-electron chi connectivity index (χ1n) is 7.19. The number of carbonyl (C=O) groups is 1. The quantitative estimate of drug-likeness (QED) is 0.912. The van der Waals surface area contributed by atoms with Crippen molar-refractivity contribution in [3.8, 4) is 0 Å². The van der Waals surface area contributed by atoms with E-state index in [2.05, 4.69) is 17.3 Å². The van der Waals surface area contributed by atoms with Crippen molar-refractivity contribution < 1.29 is 4.79 Å². The fraction of sp³-hybridized carbons (Fsp3) is 0.533. The Morgan fingerprint density at radius 1 is 1.24 bits per heavy atom. The maximum absolute atomic E-state index is 12.4. The van der Waals surface area contributed by atoms with E-state index in [4.69, 9.17) is 11.6 Å². The molecule has 1 aliphatic heterocycles. The number of para-hydroxylation sites is 1. The van der Waals surface area contributed by atoms with E-state index in [0.29, 0.717) is 5.02 Å². The molecular formula is C15H23ClN4O. The maximum Gasteiger partial charge on any atom is 0.321 e. The van der Waals surface area contributed by atoms with Gasteiger partial charge in [-0.3, -0.25) is 0 Å². The van der Waals surface area contributed by atoms with Crippen molar-refractivity contribution in [2.45, 2.75) is 6.42 Å². The lowest BCUT2D eigenvalue weighted by Crippen LogP contribution is -2.37. The first-order chi connectivity index (χ1) is 9.99. The van der Waals surface area contributed by atoms with E-state index in [-0.39, 0.29) is 6.03 Å². The molecule has 1 heterocycles. The van der Waals surface area contributed by atoms with E-state index in [1.54, 1.807) is 0 Å². The van der Waals surface area contributed by atoms with Crippen molar-refractivity contribution in [1.82, 2.24) is 9.80 Å². The Balaban J connectivity index is 2.11. The zero-order valence-electron chi connectivity index (χ0n) is 12.9. The van der Waals surface area contributed by atoms with Crippen LogP contribution in [-0.4, -0.2) is 63.2 Å². The highest BCUT2D eigenvalue weighted by atomic mass is 35.5. The fourth-order valence-corrected chi connectivity index (χ4v) is 2.86. The Morgan fingerprint density at radius 3 is 2.71 bits per heavy atom. The third-order valence-electron chi connectivity index (χ3n) is 3.68. The third kappa shape index (κ3) is 4.02. The van der Waals surface area contributed by atoms with Gasteiger partial charge in [-0.2, -0.15) is 0 Å². The van der Waals surface area contributed by atoms with Crippen LogP contribution >= 0.6 is 11.6 Å². The topological polar surface area (TPSA) is 38.8 Å². The molecule has 6 heteroatoms. The standard InChI is InChI=1S/C15H23ClN4O/c1-18(2)14-12(16)6-4-7-13(14)17-15(21)20-9-5-8-19(3)10-11-20/h4,6-7H,5,8-11H2,1-3H3,(H,17,21). The van der Waals surface area contributed by atoms with Gasteiger partial charge in [-0.15, -0.1) is 0 Å². The van der Waals surface area contributed by atoms with Gasteiger partial charge in [0.15, 0.2) is 0 Å². The number of anilines is 2. The van der Waals surface area contributed by atoms with Gasteiger partial charge in [0.1, 0.15) is 0 Å². The van der Waals surface area contributed by atoms with Crippen LogP contribution in [0.3, 0.4) is 0 Å². The molecule has 0 radical (unpaired) electrons. The van der Waals surface area contributed by atoms with Gasteiger partial charge >= 0.3 is 6.03 Å². The Morgan fingerprint density at radius 2 is 2.00 bits per heavy atom. The van der Waals surface area contributed by atoms with Crippen LogP contribution in [0.5, 0.6) is 0 Å². The minimum absolute atomic E-state index is 0.0596. The highest BCUT2D eigenvalue weighted by Crippen LogP contribution is 2.32. The van der Waals surface area contributed by atoms with E-state index in [0.717, 1.165) is 44.0 Å². The average molecular weight is 311 g/mol. The van der Waals surface area contributed by atoms with Crippen molar-refractivity contribution in [3.05, 3.63) is 23.2 Å². The number of hydrogen-bond acceptors (Lipinski definition) is 3. The minimum atomic E-state index is -0.0596. The first kappa shape index (κ1) is 15.9. The summed E-state index contributed by atoms with van der Waals surface area (Å²) in [5, 5.41) is 3.62. The van der Waals surface area contributed by atoms with Crippen molar-refractivity contribution in [2.75, 3.05) is 57.5 Å². The zero-order valence-corrected chi connectivity index (χ0v) is 13.7. The number of nitrogens with one attached hydrogen (secondary N) is 1. The van der Waals surface area contributed by atoms with E-state index in [9.17, 15) is 4.79 Å². The van der Waals surface area contributed by atoms with Gasteiger partial charge in [0.05, 0.1) is 16.4 Å². The van der Waals surface area contributed by atoms with Gasteiger partial charge in [-0.1, -0.05) is 17.7 Å². The molecular weight excluding hydrogens is 288 g/mol. The summed E-state index contributed by atoms with van der Waals surface area (Å²) in [4.78, 5) is 18.5. The monoisotopic (exact) mass is 310 g/mol. The molecule has 21 heavy (non-hydrogen) atoms. The summed E-state index contributed by atoms with van der Waals surface area (Å²) >= 11 is 6.23. The van der Waals surface area contributed by atoms with E-state index in [1.165, 1.54) is 0 Å². The van der Waals surface area contributed by atoms with Crippen LogP contribution in [0.4, 0.5) is 16.2 Å². The summed E-state index contributed by atoms with van der Waals surface area (Å²) in [5.41, 5.74) is 1.58. The number of halogens is 1. The smallest absolute Gasteiger partial charge is 0.321 e. The van der Waals surface area contributed by atoms with Crippen LogP contribution in [0.15, 0.2) is 18.2 Å². The second-order valence-electron chi connectivity index (χ2n) is 5.60. The number of likely N-dealkylation sites (N-methyl/N-ethyl adjacent to an activating group) is 1. The first-order valence-corrected chi connectivity index (χ1v) is 7.57. The molecule has 1 saturated heterocycles. The molecule has 0 atom stereocenters. The lowest BCUT2D eigenvalue weighted by atomic mass is 10.2. The number of urea groups is 1. The summed E-state index contributed by atoms with van der Waals surface area (Å²) in [6, 6.07) is 5.49. The molecule has 0 bridgehead atoms. The molecule has 1 aliphatic rings. The van der Waals surface area contributed by atoms with Crippen LogP contribution in [0.2, 0.25) is 5.02 Å². The zero-order chi connectivity index (χ0) is 15.4. The minimum Gasteiger partial charge on any atom is -0.375 e. The summed E-state index contributed by atoms with van der Waals surface area (Å²) in [7, 11) is 5.91. The Bertz CT molecular complexity index is 506. The summed E-state index contributed by atoms with van der Waals surface area (Å²) in [6.07, 6.45) is 1.00.